The van der Waals surface area contributed by atoms with Gasteiger partial charge in [-0.2, -0.15) is 0 Å². The first kappa shape index (κ1) is 34.0. The third-order valence-corrected chi connectivity index (χ3v) is 6.34. The Kier molecular flexibility index (Phi) is 14.1. The van der Waals surface area contributed by atoms with Crippen LogP contribution in [0.1, 0.15) is 105 Å². The Hall–Kier alpha value is -3.16. The predicted molar refractivity (Wildman–Crippen MR) is 163 cm³/mol. The molecule has 0 fully saturated rings. The van der Waals surface area contributed by atoms with Crippen LogP contribution in [0.4, 0.5) is 0 Å². The van der Waals surface area contributed by atoms with E-state index in [0.717, 1.165) is 38.5 Å². The molecule has 0 saturated carbocycles. The van der Waals surface area contributed by atoms with Gasteiger partial charge in [-0.3, -0.25) is 0 Å². The topological polar surface area (TPSA) is 95.8 Å². The molecular formula is C33H52O8. The van der Waals surface area contributed by atoms with E-state index in [4.69, 9.17) is 28.4 Å². The summed E-state index contributed by atoms with van der Waals surface area (Å²) in [5.74, 6) is 2.27. The summed E-state index contributed by atoms with van der Waals surface area (Å²) in [7, 11) is 0. The van der Waals surface area contributed by atoms with Crippen molar-refractivity contribution in [2.24, 2.45) is 0 Å². The lowest BCUT2D eigenvalue weighted by Gasteiger charge is -2.34. The molecule has 232 valence electrons. The van der Waals surface area contributed by atoms with Crippen LogP contribution >= 0.6 is 0 Å². The molecule has 0 aliphatic carbocycles. The molecule has 0 amide bonds. The Balaban J connectivity index is 3.05. The van der Waals surface area contributed by atoms with Gasteiger partial charge in [0.25, 0.3) is 0 Å². The predicted octanol–water partition coefficient (Wildman–Crippen LogP) is 8.16. The van der Waals surface area contributed by atoms with Crippen LogP contribution in [0.3, 0.4) is 0 Å². The average Bonchev–Trinajstić information content (AvgIpc) is 2.95. The van der Waals surface area contributed by atoms with Gasteiger partial charge in [0.1, 0.15) is 11.5 Å². The molecule has 2 rings (SSSR count). The van der Waals surface area contributed by atoms with E-state index in [0.29, 0.717) is 73.8 Å². The van der Waals surface area contributed by atoms with Crippen LogP contribution in [0.5, 0.6) is 46.0 Å². The zero-order valence-corrected chi connectivity index (χ0v) is 26.5. The van der Waals surface area contributed by atoms with Crippen molar-refractivity contribution in [2.75, 3.05) is 39.6 Å². The number of hydrogen-bond acceptors (Lipinski definition) is 8. The van der Waals surface area contributed by atoms with Gasteiger partial charge in [0.15, 0.2) is 23.0 Å². The van der Waals surface area contributed by atoms with Gasteiger partial charge in [0, 0.05) is 17.5 Å². The van der Waals surface area contributed by atoms with Crippen LogP contribution in [-0.2, 0) is 5.41 Å². The van der Waals surface area contributed by atoms with Crippen molar-refractivity contribution in [1.29, 1.82) is 0 Å². The first-order chi connectivity index (χ1) is 19.7. The highest BCUT2D eigenvalue weighted by molar-refractivity contribution is 5.71. The molecule has 2 aromatic rings. The lowest BCUT2D eigenvalue weighted by atomic mass is 9.75. The summed E-state index contributed by atoms with van der Waals surface area (Å²) in [5.41, 5.74) is 0.505. The van der Waals surface area contributed by atoms with E-state index in [-0.39, 0.29) is 23.0 Å². The summed E-state index contributed by atoms with van der Waals surface area (Å²) in [4.78, 5) is 0. The highest BCUT2D eigenvalue weighted by Crippen LogP contribution is 2.57. The average molecular weight is 577 g/mol. The molecule has 0 spiro atoms. The molecule has 0 aliphatic heterocycles. The number of hydrogen-bond donors (Lipinski definition) is 2. The molecule has 0 heterocycles. The van der Waals surface area contributed by atoms with Crippen molar-refractivity contribution in [1.82, 2.24) is 0 Å². The molecule has 0 unspecified atom stereocenters. The molecule has 2 aromatic carbocycles. The van der Waals surface area contributed by atoms with Gasteiger partial charge < -0.3 is 38.6 Å². The summed E-state index contributed by atoms with van der Waals surface area (Å²) < 4.78 is 37.4. The fourth-order valence-corrected chi connectivity index (χ4v) is 4.54. The Morgan fingerprint density at radius 3 is 1.02 bits per heavy atom. The van der Waals surface area contributed by atoms with Crippen LogP contribution in [0, 0.1) is 0 Å². The van der Waals surface area contributed by atoms with Crippen molar-refractivity contribution >= 4 is 0 Å². The zero-order chi connectivity index (χ0) is 30.4. The fraction of sp³-hybridized carbons (Fsp3) is 0.636. The molecule has 0 aliphatic rings. The van der Waals surface area contributed by atoms with Crippen molar-refractivity contribution in [3.05, 3.63) is 23.3 Å². The minimum absolute atomic E-state index is 0.0437. The molecule has 8 nitrogen and oxygen atoms in total. The van der Waals surface area contributed by atoms with Gasteiger partial charge in [-0.25, -0.2) is 0 Å². The number of phenols is 2. The van der Waals surface area contributed by atoms with Gasteiger partial charge in [0.2, 0.25) is 11.5 Å². The second kappa shape index (κ2) is 16.9. The SMILES string of the molecule is CCCOc1cc(O)c(OCCC)c(OCCC)c1C(C)(C)c1c(OCCC)cc(O)c(OCCC)c1OCCC. The summed E-state index contributed by atoms with van der Waals surface area (Å²) in [6.07, 6.45) is 4.61. The van der Waals surface area contributed by atoms with Gasteiger partial charge in [0.05, 0.1) is 50.8 Å². The zero-order valence-electron chi connectivity index (χ0n) is 26.5. The maximum atomic E-state index is 11.1. The van der Waals surface area contributed by atoms with E-state index in [1.165, 1.54) is 0 Å². The van der Waals surface area contributed by atoms with E-state index >= 15 is 0 Å². The molecular weight excluding hydrogens is 524 g/mol. The standard InChI is InChI=1S/C33H52O8/c1-9-15-36-25-21-23(34)29(38-17-11-3)31(40-19-13-5)27(25)33(7,8)28-26(37-16-10-2)22-24(35)30(39-18-12-4)32(28)41-20-14-6/h21-22,34-35H,9-20H2,1-8H3. The number of phenolic OH excluding ortho intramolecular Hbond substituents is 2. The van der Waals surface area contributed by atoms with E-state index < -0.39 is 5.41 Å². The van der Waals surface area contributed by atoms with Gasteiger partial charge in [-0.1, -0.05) is 55.4 Å². The largest absolute Gasteiger partial charge is 0.504 e. The molecule has 2 N–H and O–H groups in total. The molecule has 0 atom stereocenters. The number of rotatable bonds is 20. The van der Waals surface area contributed by atoms with Gasteiger partial charge in [-0.15, -0.1) is 0 Å². The lowest BCUT2D eigenvalue weighted by Crippen LogP contribution is -2.25. The third-order valence-electron chi connectivity index (χ3n) is 6.34. The summed E-state index contributed by atoms with van der Waals surface area (Å²) >= 11 is 0. The minimum atomic E-state index is -0.881. The second-order valence-electron chi connectivity index (χ2n) is 10.6. The van der Waals surface area contributed by atoms with E-state index in [2.05, 4.69) is 0 Å². The summed E-state index contributed by atoms with van der Waals surface area (Å²) in [6.45, 7) is 18.8. The quantitative estimate of drug-likeness (QED) is 0.163. The van der Waals surface area contributed by atoms with Crippen LogP contribution < -0.4 is 28.4 Å². The molecule has 0 bridgehead atoms. The van der Waals surface area contributed by atoms with Crippen molar-refractivity contribution < 1.29 is 38.6 Å². The van der Waals surface area contributed by atoms with Crippen molar-refractivity contribution in [2.45, 2.75) is 99.3 Å². The first-order valence-corrected chi connectivity index (χ1v) is 15.3. The smallest absolute Gasteiger partial charge is 0.203 e. The van der Waals surface area contributed by atoms with Crippen LogP contribution in [-0.4, -0.2) is 49.9 Å². The fourth-order valence-electron chi connectivity index (χ4n) is 4.54. The van der Waals surface area contributed by atoms with E-state index in [1.54, 1.807) is 12.1 Å². The monoisotopic (exact) mass is 576 g/mol. The number of ether oxygens (including phenoxy) is 6. The minimum Gasteiger partial charge on any atom is -0.504 e. The molecule has 8 heteroatoms. The van der Waals surface area contributed by atoms with Crippen molar-refractivity contribution in [3.63, 3.8) is 0 Å². The maximum Gasteiger partial charge on any atom is 0.203 e. The third kappa shape index (κ3) is 8.43. The number of benzene rings is 2. The van der Waals surface area contributed by atoms with Gasteiger partial charge in [-0.05, 0) is 38.5 Å². The Morgan fingerprint density at radius 1 is 0.463 bits per heavy atom. The van der Waals surface area contributed by atoms with E-state index in [1.807, 2.05) is 55.4 Å². The number of aromatic hydroxyl groups is 2. The van der Waals surface area contributed by atoms with Crippen LogP contribution in [0.25, 0.3) is 0 Å². The van der Waals surface area contributed by atoms with Crippen LogP contribution in [0.2, 0.25) is 0 Å². The highest BCUT2D eigenvalue weighted by Gasteiger charge is 2.41. The molecule has 0 radical (unpaired) electrons. The Bertz CT molecular complexity index is 996. The highest BCUT2D eigenvalue weighted by atomic mass is 16.5. The molecule has 0 saturated heterocycles. The molecule has 41 heavy (non-hydrogen) atoms. The van der Waals surface area contributed by atoms with Crippen LogP contribution in [0.15, 0.2) is 12.1 Å². The first-order valence-electron chi connectivity index (χ1n) is 15.3. The lowest BCUT2D eigenvalue weighted by molar-refractivity contribution is 0.238. The summed E-state index contributed by atoms with van der Waals surface area (Å²) in [6, 6.07) is 3.20. The Labute approximate surface area is 246 Å². The van der Waals surface area contributed by atoms with E-state index in [9.17, 15) is 10.2 Å². The van der Waals surface area contributed by atoms with Crippen molar-refractivity contribution in [3.8, 4) is 46.0 Å². The normalized spacial score (nSPS) is 11.3. The maximum absolute atomic E-state index is 11.1. The molecule has 0 aromatic heterocycles. The van der Waals surface area contributed by atoms with Gasteiger partial charge >= 0.3 is 0 Å². The second-order valence-corrected chi connectivity index (χ2v) is 10.6. The summed E-state index contributed by atoms with van der Waals surface area (Å²) in [5, 5.41) is 22.2. The Morgan fingerprint density at radius 2 is 0.732 bits per heavy atom.